The lowest BCUT2D eigenvalue weighted by Crippen LogP contribution is -2.62. The maximum absolute atomic E-state index is 9.69. The maximum atomic E-state index is 9.69. The number of hydrogen-bond donors (Lipinski definition) is 3. The van der Waals surface area contributed by atoms with Crippen molar-refractivity contribution in [3.05, 3.63) is 0 Å². The minimum atomic E-state index is -1.03. The molecule has 16 heavy (non-hydrogen) atoms. The molecule has 3 N–H and O–H groups in total. The van der Waals surface area contributed by atoms with E-state index in [2.05, 4.69) is 19.2 Å². The molecule has 3 atom stereocenters. The van der Waals surface area contributed by atoms with E-state index in [1.54, 1.807) is 6.92 Å². The van der Waals surface area contributed by atoms with E-state index in [4.69, 9.17) is 9.84 Å². The summed E-state index contributed by atoms with van der Waals surface area (Å²) in [4.78, 5) is 0. The Kier molecular flexibility index (Phi) is 4.35. The predicted octanol–water partition coefficient (Wildman–Crippen LogP) is 0.523. The van der Waals surface area contributed by atoms with Gasteiger partial charge in [0.25, 0.3) is 0 Å². The molecule has 0 heterocycles. The van der Waals surface area contributed by atoms with Crippen LogP contribution in [-0.4, -0.2) is 47.7 Å². The first-order valence-corrected chi connectivity index (χ1v) is 6.01. The van der Waals surface area contributed by atoms with E-state index in [1.807, 2.05) is 6.92 Å². The highest BCUT2D eigenvalue weighted by molar-refractivity contribution is 5.03. The van der Waals surface area contributed by atoms with Crippen molar-refractivity contribution in [2.75, 3.05) is 19.8 Å². The van der Waals surface area contributed by atoms with Crippen molar-refractivity contribution in [2.45, 2.75) is 51.9 Å². The van der Waals surface area contributed by atoms with E-state index in [0.29, 0.717) is 18.7 Å². The lowest BCUT2D eigenvalue weighted by Gasteiger charge is -2.52. The van der Waals surface area contributed by atoms with Gasteiger partial charge in [0.2, 0.25) is 0 Å². The van der Waals surface area contributed by atoms with Gasteiger partial charge in [-0.1, -0.05) is 13.8 Å². The molecule has 0 aliphatic heterocycles. The van der Waals surface area contributed by atoms with Gasteiger partial charge in [0.1, 0.15) is 0 Å². The van der Waals surface area contributed by atoms with Crippen LogP contribution in [0.2, 0.25) is 0 Å². The van der Waals surface area contributed by atoms with Crippen LogP contribution in [0.3, 0.4) is 0 Å². The molecule has 0 saturated heterocycles. The van der Waals surface area contributed by atoms with Crippen LogP contribution >= 0.6 is 0 Å². The van der Waals surface area contributed by atoms with Gasteiger partial charge < -0.3 is 20.3 Å². The lowest BCUT2D eigenvalue weighted by molar-refractivity contribution is -0.119. The molecule has 0 radical (unpaired) electrons. The van der Waals surface area contributed by atoms with Gasteiger partial charge in [0.15, 0.2) is 0 Å². The predicted molar refractivity (Wildman–Crippen MR) is 63.3 cm³/mol. The normalized spacial score (nSPS) is 31.9. The molecule has 4 nitrogen and oxygen atoms in total. The average Bonchev–Trinajstić information content (AvgIpc) is 2.22. The third-order valence-electron chi connectivity index (χ3n) is 3.62. The fraction of sp³-hybridized carbons (Fsp3) is 1.00. The molecule has 96 valence electrons. The molecule has 1 aliphatic carbocycles. The minimum Gasteiger partial charge on any atom is -0.393 e. The first-order valence-electron chi connectivity index (χ1n) is 6.01. The van der Waals surface area contributed by atoms with Crippen LogP contribution < -0.4 is 5.32 Å². The third kappa shape index (κ3) is 2.94. The molecule has 3 unspecified atom stereocenters. The number of aliphatic hydroxyl groups is 2. The van der Waals surface area contributed by atoms with E-state index >= 15 is 0 Å². The molecule has 1 aliphatic rings. The zero-order valence-electron chi connectivity index (χ0n) is 10.8. The quantitative estimate of drug-likeness (QED) is 0.624. The van der Waals surface area contributed by atoms with Gasteiger partial charge in [-0.25, -0.2) is 0 Å². The van der Waals surface area contributed by atoms with Crippen LogP contribution in [0.25, 0.3) is 0 Å². The first kappa shape index (κ1) is 13.9. The minimum absolute atomic E-state index is 0.0988. The Morgan fingerprint density at radius 3 is 2.56 bits per heavy atom. The summed E-state index contributed by atoms with van der Waals surface area (Å²) in [6.45, 7) is 8.91. The van der Waals surface area contributed by atoms with Crippen LogP contribution in [0.4, 0.5) is 0 Å². The summed E-state index contributed by atoms with van der Waals surface area (Å²) in [6, 6.07) is 0.349. The smallest absolute Gasteiger partial charge is 0.0972 e. The Bertz CT molecular complexity index is 228. The van der Waals surface area contributed by atoms with Gasteiger partial charge in [-0.3, -0.25) is 0 Å². The van der Waals surface area contributed by atoms with Crippen LogP contribution in [-0.2, 0) is 4.74 Å². The van der Waals surface area contributed by atoms with Gasteiger partial charge in [0, 0.05) is 24.6 Å². The van der Waals surface area contributed by atoms with E-state index in [1.165, 1.54) is 0 Å². The topological polar surface area (TPSA) is 61.7 Å². The Morgan fingerprint density at radius 1 is 1.50 bits per heavy atom. The van der Waals surface area contributed by atoms with E-state index < -0.39 is 5.60 Å². The van der Waals surface area contributed by atoms with Crippen LogP contribution in [0.5, 0.6) is 0 Å². The number of hydrogen-bond acceptors (Lipinski definition) is 4. The van der Waals surface area contributed by atoms with Crippen molar-refractivity contribution in [3.63, 3.8) is 0 Å². The van der Waals surface area contributed by atoms with Crippen molar-refractivity contribution in [1.82, 2.24) is 5.32 Å². The van der Waals surface area contributed by atoms with Crippen LogP contribution in [0.15, 0.2) is 0 Å². The summed E-state index contributed by atoms with van der Waals surface area (Å²) >= 11 is 0. The molecular weight excluding hydrogens is 206 g/mol. The Hall–Kier alpha value is -0.160. The van der Waals surface area contributed by atoms with Crippen molar-refractivity contribution in [1.29, 1.82) is 0 Å². The molecule has 1 rings (SSSR count). The summed E-state index contributed by atoms with van der Waals surface area (Å²) in [5.74, 6) is 0. The Morgan fingerprint density at radius 2 is 2.12 bits per heavy atom. The molecule has 1 saturated carbocycles. The second kappa shape index (κ2) is 5.00. The molecule has 0 amide bonds. The van der Waals surface area contributed by atoms with Gasteiger partial charge in [0.05, 0.1) is 18.3 Å². The fourth-order valence-corrected chi connectivity index (χ4v) is 2.11. The molecule has 4 heteroatoms. The largest absolute Gasteiger partial charge is 0.393 e. The lowest BCUT2D eigenvalue weighted by atomic mass is 9.64. The molecule has 0 aromatic rings. The Balaban J connectivity index is 2.36. The molecule has 0 spiro atoms. The average molecular weight is 231 g/mol. The number of nitrogens with one attached hydrogen (secondary N) is 1. The first-order chi connectivity index (χ1) is 7.33. The maximum Gasteiger partial charge on any atom is 0.0972 e. The Labute approximate surface area is 98.0 Å². The molecule has 0 aromatic carbocycles. The van der Waals surface area contributed by atoms with Gasteiger partial charge >= 0.3 is 0 Å². The van der Waals surface area contributed by atoms with E-state index in [-0.39, 0.29) is 12.0 Å². The van der Waals surface area contributed by atoms with Crippen molar-refractivity contribution in [3.8, 4) is 0 Å². The second-order valence-corrected chi connectivity index (χ2v) is 5.59. The number of rotatable bonds is 6. The zero-order valence-corrected chi connectivity index (χ0v) is 10.8. The summed E-state index contributed by atoms with van der Waals surface area (Å²) in [6.07, 6.45) is 1.27. The summed E-state index contributed by atoms with van der Waals surface area (Å²) in [7, 11) is 0. The highest BCUT2D eigenvalue weighted by Crippen LogP contribution is 2.42. The van der Waals surface area contributed by atoms with Gasteiger partial charge in [-0.05, 0) is 20.3 Å². The number of ether oxygens (including phenoxy) is 1. The summed E-state index contributed by atoms with van der Waals surface area (Å²) < 4.78 is 5.63. The van der Waals surface area contributed by atoms with Crippen molar-refractivity contribution < 1.29 is 14.9 Å². The molecule has 1 fully saturated rings. The van der Waals surface area contributed by atoms with Crippen molar-refractivity contribution >= 4 is 0 Å². The zero-order chi connectivity index (χ0) is 12.4. The highest BCUT2D eigenvalue weighted by atomic mass is 16.5. The SMILES string of the molecule is CCOC1CC(NCC(C)(O)CO)C1(C)C. The van der Waals surface area contributed by atoms with Gasteiger partial charge in [-0.15, -0.1) is 0 Å². The summed E-state index contributed by atoms with van der Waals surface area (Å²) in [5, 5.41) is 21.9. The van der Waals surface area contributed by atoms with Crippen LogP contribution in [0, 0.1) is 5.41 Å². The summed E-state index contributed by atoms with van der Waals surface area (Å²) in [5.41, 5.74) is -0.936. The third-order valence-corrected chi connectivity index (χ3v) is 3.62. The molecule has 0 bridgehead atoms. The van der Waals surface area contributed by atoms with E-state index in [0.717, 1.165) is 13.0 Å². The molecule has 0 aromatic heterocycles. The van der Waals surface area contributed by atoms with Crippen molar-refractivity contribution in [2.24, 2.45) is 5.41 Å². The monoisotopic (exact) mass is 231 g/mol. The highest BCUT2D eigenvalue weighted by Gasteiger charge is 2.48. The fourth-order valence-electron chi connectivity index (χ4n) is 2.11. The number of aliphatic hydroxyl groups excluding tert-OH is 1. The molecular formula is C12H25NO3. The van der Waals surface area contributed by atoms with Gasteiger partial charge in [-0.2, -0.15) is 0 Å². The second-order valence-electron chi connectivity index (χ2n) is 5.59. The van der Waals surface area contributed by atoms with E-state index in [9.17, 15) is 5.11 Å². The van der Waals surface area contributed by atoms with Crippen LogP contribution in [0.1, 0.15) is 34.1 Å². The standard InChI is InChI=1S/C12H25NO3/c1-5-16-10-6-9(11(10,2)3)13-7-12(4,15)8-14/h9-10,13-15H,5-8H2,1-4H3.